The van der Waals surface area contributed by atoms with Crippen LogP contribution in [0.15, 0.2) is 164 Å². The lowest BCUT2D eigenvalue weighted by atomic mass is 10.0. The fourth-order valence-corrected chi connectivity index (χ4v) is 8.54. The molecule has 45 heavy (non-hydrogen) atoms. The standard InChI is InChI=1S/C42H27NS2/c1-3-10-28(11-4-1)30-18-22-32(23-19-30)43(33-24-20-31(21-25-33)29-12-5-2-6-13-29)37-16-9-15-34-35-26-27-39-40(42(35)45-41(34)37)36-14-7-8-17-38(36)44-39/h1-27H/i1D,2D,3D,4D,5D,6D,10D,11D,12D,13D. The zero-order valence-corrected chi connectivity index (χ0v) is 25.2. The van der Waals surface area contributed by atoms with Crippen molar-refractivity contribution in [2.75, 3.05) is 4.90 Å². The van der Waals surface area contributed by atoms with Gasteiger partial charge in [0, 0.05) is 47.0 Å². The predicted octanol–water partition coefficient (Wildman–Crippen LogP) is 13.2. The van der Waals surface area contributed by atoms with E-state index in [0.717, 1.165) is 32.5 Å². The summed E-state index contributed by atoms with van der Waals surface area (Å²) in [5.41, 5.74) is 3.55. The number of benzene rings is 7. The third kappa shape index (κ3) is 4.43. The second-order valence-corrected chi connectivity index (χ2v) is 12.7. The molecule has 0 aliphatic carbocycles. The summed E-state index contributed by atoms with van der Waals surface area (Å²) < 4.78 is 87.7. The van der Waals surface area contributed by atoms with Crippen molar-refractivity contribution in [1.82, 2.24) is 0 Å². The normalized spacial score (nSPS) is 14.7. The van der Waals surface area contributed by atoms with Crippen LogP contribution in [0, 0.1) is 0 Å². The summed E-state index contributed by atoms with van der Waals surface area (Å²) in [4.78, 5) is 2.08. The van der Waals surface area contributed by atoms with Crippen molar-refractivity contribution in [3.63, 3.8) is 0 Å². The summed E-state index contributed by atoms with van der Waals surface area (Å²) in [6.45, 7) is 0. The van der Waals surface area contributed by atoms with Crippen molar-refractivity contribution in [2.24, 2.45) is 0 Å². The molecule has 0 saturated carbocycles. The summed E-state index contributed by atoms with van der Waals surface area (Å²) in [5.74, 6) is 0. The minimum atomic E-state index is -0.447. The fraction of sp³-hybridized carbons (Fsp3) is 0. The number of hydrogen-bond donors (Lipinski definition) is 0. The van der Waals surface area contributed by atoms with Crippen LogP contribution in [0.3, 0.4) is 0 Å². The van der Waals surface area contributed by atoms with Crippen molar-refractivity contribution in [1.29, 1.82) is 0 Å². The van der Waals surface area contributed by atoms with E-state index in [1.54, 1.807) is 46.9 Å². The van der Waals surface area contributed by atoms with Gasteiger partial charge in [0.05, 0.1) is 24.1 Å². The average molecular weight is 620 g/mol. The molecule has 0 aliphatic heterocycles. The smallest absolute Gasteiger partial charge is 0.0640 e. The molecule has 2 heterocycles. The topological polar surface area (TPSA) is 3.24 Å². The number of nitrogens with zero attached hydrogens (tertiary/aromatic N) is 1. The molecular weight excluding hydrogens is 583 g/mol. The fourth-order valence-electron chi connectivity index (χ4n) is 6.00. The zero-order valence-electron chi connectivity index (χ0n) is 33.6. The first kappa shape index (κ1) is 17.9. The number of thiophene rings is 2. The first-order chi connectivity index (χ1) is 26.5. The molecule has 7 aromatic carbocycles. The molecular formula is C42H27NS2. The van der Waals surface area contributed by atoms with Gasteiger partial charge < -0.3 is 4.90 Å². The van der Waals surface area contributed by atoms with Gasteiger partial charge in [-0.2, -0.15) is 0 Å². The molecule has 0 fully saturated rings. The second-order valence-electron chi connectivity index (χ2n) is 10.6. The van der Waals surface area contributed by atoms with E-state index >= 15 is 0 Å². The molecule has 9 aromatic rings. The highest BCUT2D eigenvalue weighted by atomic mass is 32.1. The molecule has 0 aliphatic rings. The molecule has 9 rings (SSSR count). The van der Waals surface area contributed by atoms with Gasteiger partial charge in [-0.15, -0.1) is 22.7 Å². The van der Waals surface area contributed by atoms with Crippen molar-refractivity contribution in [3.8, 4) is 22.3 Å². The Bertz CT molecular complexity index is 2870. The van der Waals surface area contributed by atoms with E-state index in [0.29, 0.717) is 11.1 Å². The van der Waals surface area contributed by atoms with Crippen LogP contribution in [0.2, 0.25) is 0 Å². The molecule has 0 saturated heterocycles. The predicted molar refractivity (Wildman–Crippen MR) is 198 cm³/mol. The largest absolute Gasteiger partial charge is 0.309 e. The Morgan fingerprint density at radius 2 is 1.00 bits per heavy atom. The van der Waals surface area contributed by atoms with Gasteiger partial charge in [0.25, 0.3) is 0 Å². The van der Waals surface area contributed by atoms with E-state index in [2.05, 4.69) is 47.4 Å². The minimum absolute atomic E-state index is 0.116. The first-order valence-corrected chi connectivity index (χ1v) is 16.0. The molecule has 0 N–H and O–H groups in total. The quantitative estimate of drug-likeness (QED) is 0.185. The molecule has 0 spiro atoms. The Labute approximate surface area is 283 Å². The Morgan fingerprint density at radius 3 is 1.64 bits per heavy atom. The van der Waals surface area contributed by atoms with Gasteiger partial charge in [-0.25, -0.2) is 0 Å². The molecule has 2 aromatic heterocycles. The molecule has 212 valence electrons. The average Bonchev–Trinajstić information content (AvgIpc) is 3.78. The number of hydrogen-bond acceptors (Lipinski definition) is 3. The maximum absolute atomic E-state index is 8.54. The van der Waals surface area contributed by atoms with Gasteiger partial charge in [-0.05, 0) is 64.7 Å². The molecule has 0 unspecified atom stereocenters. The van der Waals surface area contributed by atoms with E-state index < -0.39 is 36.3 Å². The maximum atomic E-state index is 8.54. The highest BCUT2D eigenvalue weighted by Crippen LogP contribution is 2.49. The molecule has 0 radical (unpaired) electrons. The lowest BCUT2D eigenvalue weighted by Gasteiger charge is -2.26. The Kier molecular flexibility index (Phi) is 4.28. The van der Waals surface area contributed by atoms with Crippen LogP contribution in [0.25, 0.3) is 62.6 Å². The van der Waals surface area contributed by atoms with Crippen molar-refractivity contribution in [3.05, 3.63) is 164 Å². The lowest BCUT2D eigenvalue weighted by molar-refractivity contribution is 1.30. The van der Waals surface area contributed by atoms with Gasteiger partial charge in [0.15, 0.2) is 0 Å². The minimum Gasteiger partial charge on any atom is -0.309 e. The maximum Gasteiger partial charge on any atom is 0.0640 e. The first-order valence-electron chi connectivity index (χ1n) is 19.4. The SMILES string of the molecule is [2H]c1c([2H])c([2H])c(-c2ccc(N(c3ccc(-c4c([2H])c([2H])c([2H])c([2H])c4[2H])cc3)c3cccc4c3sc3c4ccc4sc5ccccc5c43)cc2)c([2H])c1[2H]. The molecule has 3 heteroatoms. The number of fused-ring (bicyclic) bond motifs is 7. The second kappa shape index (κ2) is 10.7. The van der Waals surface area contributed by atoms with Crippen LogP contribution >= 0.6 is 22.7 Å². The lowest BCUT2D eigenvalue weighted by Crippen LogP contribution is -2.10. The Hall–Kier alpha value is -5.22. The molecule has 0 amide bonds. The molecule has 0 bridgehead atoms. The van der Waals surface area contributed by atoms with Gasteiger partial charge >= 0.3 is 0 Å². The van der Waals surface area contributed by atoms with Crippen molar-refractivity contribution < 1.29 is 13.7 Å². The monoisotopic (exact) mass is 619 g/mol. The Balaban J connectivity index is 1.25. The highest BCUT2D eigenvalue weighted by molar-refractivity contribution is 7.30. The molecule has 1 nitrogen and oxygen atoms in total. The third-order valence-electron chi connectivity index (χ3n) is 8.05. The summed E-state index contributed by atoms with van der Waals surface area (Å²) in [6, 6.07) is 29.9. The van der Waals surface area contributed by atoms with Gasteiger partial charge in [-0.1, -0.05) is 121 Å². The number of anilines is 3. The van der Waals surface area contributed by atoms with Crippen LogP contribution in [0.1, 0.15) is 13.7 Å². The van der Waals surface area contributed by atoms with E-state index in [1.165, 1.54) is 24.9 Å². The van der Waals surface area contributed by atoms with Crippen LogP contribution in [-0.4, -0.2) is 0 Å². The van der Waals surface area contributed by atoms with Crippen LogP contribution in [0.4, 0.5) is 17.1 Å². The summed E-state index contributed by atoms with van der Waals surface area (Å²) in [6.07, 6.45) is 0. The van der Waals surface area contributed by atoms with Crippen LogP contribution < -0.4 is 4.90 Å². The van der Waals surface area contributed by atoms with Crippen LogP contribution in [-0.2, 0) is 0 Å². The zero-order chi connectivity index (χ0) is 38.4. The van der Waals surface area contributed by atoms with E-state index in [9.17, 15) is 0 Å². The van der Waals surface area contributed by atoms with Crippen molar-refractivity contribution >= 4 is 80.1 Å². The van der Waals surface area contributed by atoms with Gasteiger partial charge in [-0.3, -0.25) is 0 Å². The van der Waals surface area contributed by atoms with E-state index in [1.807, 2.05) is 36.4 Å². The van der Waals surface area contributed by atoms with Gasteiger partial charge in [0.1, 0.15) is 0 Å². The number of rotatable bonds is 5. The highest BCUT2D eigenvalue weighted by Gasteiger charge is 2.20. The van der Waals surface area contributed by atoms with Gasteiger partial charge in [0.2, 0.25) is 0 Å². The van der Waals surface area contributed by atoms with Crippen LogP contribution in [0.5, 0.6) is 0 Å². The summed E-state index contributed by atoms with van der Waals surface area (Å²) in [5, 5.41) is 4.67. The van der Waals surface area contributed by atoms with E-state index in [-0.39, 0.29) is 35.3 Å². The third-order valence-corrected chi connectivity index (χ3v) is 10.5. The molecule has 0 atom stereocenters. The van der Waals surface area contributed by atoms with Crippen molar-refractivity contribution in [2.45, 2.75) is 0 Å². The summed E-state index contributed by atoms with van der Waals surface area (Å²) >= 11 is 3.49. The Morgan fingerprint density at radius 1 is 0.422 bits per heavy atom. The van der Waals surface area contributed by atoms with E-state index in [4.69, 9.17) is 13.7 Å². The summed E-state index contributed by atoms with van der Waals surface area (Å²) in [7, 11) is 0.